The molecule has 106 valence electrons. The molecular weight excluding hydrogens is 256 g/mol. The minimum atomic E-state index is -0.389. The summed E-state index contributed by atoms with van der Waals surface area (Å²) in [7, 11) is 0. The van der Waals surface area contributed by atoms with Crippen LogP contribution in [0.2, 0.25) is 0 Å². The van der Waals surface area contributed by atoms with Crippen molar-refractivity contribution in [1.82, 2.24) is 9.55 Å². The average Bonchev–Trinajstić information content (AvgIpc) is 2.83. The standard InChI is InChI=1S/C14H18N4O2/c1-11(15)10-14-16-7-9-17(14)8-6-12-2-4-13(5-3-12)18(19)20/h2-5,7,9,11H,6,8,10,15H2,1H3. The van der Waals surface area contributed by atoms with E-state index in [1.165, 1.54) is 12.1 Å². The molecule has 2 rings (SSSR count). The highest BCUT2D eigenvalue weighted by molar-refractivity contribution is 5.32. The molecule has 0 bridgehead atoms. The molecule has 0 spiro atoms. The SMILES string of the molecule is CC(N)Cc1nccn1CCc1ccc([N+](=O)[O-])cc1. The van der Waals surface area contributed by atoms with Crippen LogP contribution in [0.5, 0.6) is 0 Å². The molecule has 1 atom stereocenters. The monoisotopic (exact) mass is 274 g/mol. The predicted molar refractivity (Wildman–Crippen MR) is 76.4 cm³/mol. The Labute approximate surface area is 117 Å². The lowest BCUT2D eigenvalue weighted by atomic mass is 10.1. The molecule has 0 saturated carbocycles. The van der Waals surface area contributed by atoms with E-state index in [2.05, 4.69) is 9.55 Å². The number of nitrogens with two attached hydrogens (primary N) is 1. The molecular formula is C14H18N4O2. The van der Waals surface area contributed by atoms with Crippen LogP contribution in [0.3, 0.4) is 0 Å². The van der Waals surface area contributed by atoms with Gasteiger partial charge in [-0.3, -0.25) is 10.1 Å². The summed E-state index contributed by atoms with van der Waals surface area (Å²) in [6, 6.07) is 6.73. The van der Waals surface area contributed by atoms with Gasteiger partial charge in [0.05, 0.1) is 4.92 Å². The minimum Gasteiger partial charge on any atom is -0.335 e. The number of hydrogen-bond acceptors (Lipinski definition) is 4. The second-order valence-corrected chi connectivity index (χ2v) is 4.89. The van der Waals surface area contributed by atoms with Gasteiger partial charge in [0, 0.05) is 43.5 Å². The van der Waals surface area contributed by atoms with E-state index in [1.807, 2.05) is 13.1 Å². The summed E-state index contributed by atoms with van der Waals surface area (Å²) in [6.07, 6.45) is 5.25. The third kappa shape index (κ3) is 3.64. The normalized spacial score (nSPS) is 12.3. The van der Waals surface area contributed by atoms with Crippen molar-refractivity contribution >= 4 is 5.69 Å². The smallest absolute Gasteiger partial charge is 0.269 e. The maximum Gasteiger partial charge on any atom is 0.269 e. The van der Waals surface area contributed by atoms with Crippen molar-refractivity contribution in [3.63, 3.8) is 0 Å². The van der Waals surface area contributed by atoms with Crippen LogP contribution in [0.25, 0.3) is 0 Å². The molecule has 0 amide bonds. The lowest BCUT2D eigenvalue weighted by Crippen LogP contribution is -2.20. The molecule has 20 heavy (non-hydrogen) atoms. The van der Waals surface area contributed by atoms with E-state index in [0.29, 0.717) is 0 Å². The second-order valence-electron chi connectivity index (χ2n) is 4.89. The zero-order valence-electron chi connectivity index (χ0n) is 11.4. The second kappa shape index (κ2) is 6.29. The number of aromatic nitrogens is 2. The van der Waals surface area contributed by atoms with Gasteiger partial charge in [-0.15, -0.1) is 0 Å². The maximum atomic E-state index is 10.6. The van der Waals surface area contributed by atoms with Crippen LogP contribution in [0, 0.1) is 10.1 Å². The van der Waals surface area contributed by atoms with Crippen molar-refractivity contribution in [3.8, 4) is 0 Å². The molecule has 0 radical (unpaired) electrons. The van der Waals surface area contributed by atoms with Gasteiger partial charge in [0.2, 0.25) is 0 Å². The first-order valence-corrected chi connectivity index (χ1v) is 6.55. The Balaban J connectivity index is 1.98. The number of nitrogens with zero attached hydrogens (tertiary/aromatic N) is 3. The van der Waals surface area contributed by atoms with E-state index in [4.69, 9.17) is 5.73 Å². The minimum absolute atomic E-state index is 0.0792. The van der Waals surface area contributed by atoms with E-state index >= 15 is 0 Å². The number of non-ortho nitro benzene ring substituents is 1. The Morgan fingerprint density at radius 2 is 2.10 bits per heavy atom. The van der Waals surface area contributed by atoms with Crippen LogP contribution < -0.4 is 5.73 Å². The molecule has 2 aromatic rings. The Bertz CT molecular complexity index is 575. The van der Waals surface area contributed by atoms with E-state index in [-0.39, 0.29) is 16.7 Å². The van der Waals surface area contributed by atoms with Crippen molar-refractivity contribution in [2.75, 3.05) is 0 Å². The lowest BCUT2D eigenvalue weighted by molar-refractivity contribution is -0.384. The van der Waals surface area contributed by atoms with Gasteiger partial charge in [-0.25, -0.2) is 4.98 Å². The zero-order valence-corrected chi connectivity index (χ0v) is 11.4. The molecule has 0 saturated heterocycles. The third-order valence-corrected chi connectivity index (χ3v) is 3.09. The number of benzene rings is 1. The van der Waals surface area contributed by atoms with Crippen LogP contribution in [-0.2, 0) is 19.4 Å². The highest BCUT2D eigenvalue weighted by Gasteiger charge is 2.07. The molecule has 2 N–H and O–H groups in total. The van der Waals surface area contributed by atoms with Crippen molar-refractivity contribution in [2.45, 2.75) is 32.4 Å². The van der Waals surface area contributed by atoms with Gasteiger partial charge in [-0.2, -0.15) is 0 Å². The topological polar surface area (TPSA) is 87.0 Å². The van der Waals surface area contributed by atoms with E-state index in [0.717, 1.165) is 30.8 Å². The molecule has 0 aliphatic heterocycles. The molecule has 0 fully saturated rings. The van der Waals surface area contributed by atoms with Gasteiger partial charge in [0.25, 0.3) is 5.69 Å². The average molecular weight is 274 g/mol. The first-order valence-electron chi connectivity index (χ1n) is 6.55. The first-order chi connectivity index (χ1) is 9.56. The number of aryl methyl sites for hydroxylation is 2. The van der Waals surface area contributed by atoms with Gasteiger partial charge >= 0.3 is 0 Å². The van der Waals surface area contributed by atoms with Gasteiger partial charge < -0.3 is 10.3 Å². The van der Waals surface area contributed by atoms with Crippen LogP contribution in [0.4, 0.5) is 5.69 Å². The molecule has 6 nitrogen and oxygen atoms in total. The fourth-order valence-corrected chi connectivity index (χ4v) is 2.06. The van der Waals surface area contributed by atoms with Gasteiger partial charge in [-0.1, -0.05) is 12.1 Å². The first kappa shape index (κ1) is 14.2. The number of imidazole rings is 1. The highest BCUT2D eigenvalue weighted by atomic mass is 16.6. The summed E-state index contributed by atoms with van der Waals surface area (Å²) in [6.45, 7) is 2.75. The number of nitro groups is 1. The van der Waals surface area contributed by atoms with E-state index in [1.54, 1.807) is 18.3 Å². The molecule has 0 aliphatic carbocycles. The van der Waals surface area contributed by atoms with E-state index < -0.39 is 0 Å². The van der Waals surface area contributed by atoms with Gasteiger partial charge in [-0.05, 0) is 18.9 Å². The Morgan fingerprint density at radius 1 is 1.40 bits per heavy atom. The molecule has 0 aliphatic rings. The maximum absolute atomic E-state index is 10.6. The Hall–Kier alpha value is -2.21. The van der Waals surface area contributed by atoms with Crippen molar-refractivity contribution in [1.29, 1.82) is 0 Å². The molecule has 1 heterocycles. The van der Waals surface area contributed by atoms with Crippen LogP contribution in [-0.4, -0.2) is 20.5 Å². The highest BCUT2D eigenvalue weighted by Crippen LogP contribution is 2.13. The molecule has 1 unspecified atom stereocenters. The summed E-state index contributed by atoms with van der Waals surface area (Å²) in [5.74, 6) is 0.974. The van der Waals surface area contributed by atoms with E-state index in [9.17, 15) is 10.1 Å². The number of hydrogen-bond donors (Lipinski definition) is 1. The lowest BCUT2D eigenvalue weighted by Gasteiger charge is -2.09. The summed E-state index contributed by atoms with van der Waals surface area (Å²) >= 11 is 0. The number of nitro benzene ring substituents is 1. The summed E-state index contributed by atoms with van der Waals surface area (Å²) in [5.41, 5.74) is 6.97. The van der Waals surface area contributed by atoms with Crippen molar-refractivity contribution in [3.05, 3.63) is 58.2 Å². The Kier molecular flexibility index (Phi) is 4.47. The van der Waals surface area contributed by atoms with Crippen molar-refractivity contribution in [2.24, 2.45) is 5.73 Å². The fourth-order valence-electron chi connectivity index (χ4n) is 2.06. The summed E-state index contributed by atoms with van der Waals surface area (Å²) in [4.78, 5) is 14.5. The summed E-state index contributed by atoms with van der Waals surface area (Å²) < 4.78 is 2.07. The van der Waals surface area contributed by atoms with Crippen LogP contribution in [0.1, 0.15) is 18.3 Å². The zero-order chi connectivity index (χ0) is 14.5. The quantitative estimate of drug-likeness (QED) is 0.644. The van der Waals surface area contributed by atoms with Crippen LogP contribution in [0.15, 0.2) is 36.7 Å². The number of rotatable bonds is 6. The van der Waals surface area contributed by atoms with Gasteiger partial charge in [0.1, 0.15) is 5.82 Å². The predicted octanol–water partition coefficient (Wildman–Crippen LogP) is 1.92. The molecule has 1 aromatic heterocycles. The largest absolute Gasteiger partial charge is 0.335 e. The van der Waals surface area contributed by atoms with Crippen molar-refractivity contribution < 1.29 is 4.92 Å². The summed E-state index contributed by atoms with van der Waals surface area (Å²) in [5, 5.41) is 10.6. The molecule has 6 heteroatoms. The third-order valence-electron chi connectivity index (χ3n) is 3.09. The van der Waals surface area contributed by atoms with Crippen LogP contribution >= 0.6 is 0 Å². The fraction of sp³-hybridized carbons (Fsp3) is 0.357. The van der Waals surface area contributed by atoms with Gasteiger partial charge in [0.15, 0.2) is 0 Å². The molecule has 1 aromatic carbocycles. The Morgan fingerprint density at radius 3 is 2.70 bits per heavy atom.